The molecule has 0 radical (unpaired) electrons. The first kappa shape index (κ1) is 46.5. The molecule has 1 aromatic carbocycles. The van der Waals surface area contributed by atoms with Gasteiger partial charge in [-0.05, 0) is 30.9 Å². The monoisotopic (exact) mass is 909 g/mol. The normalized spacial score (nSPS) is 25.3. The maximum Gasteiger partial charge on any atom is 0.472 e. The highest BCUT2D eigenvalue weighted by molar-refractivity contribution is 7.47. The second-order valence-electron chi connectivity index (χ2n) is 14.1. The number of anilines is 2. The van der Waals surface area contributed by atoms with Crippen molar-refractivity contribution >= 4 is 50.3 Å². The number of aliphatic hydroxyl groups is 2. The lowest BCUT2D eigenvalue weighted by molar-refractivity contribution is -0.165. The Bertz CT molecular complexity index is 2380. The van der Waals surface area contributed by atoms with Crippen LogP contribution in [-0.2, 0) is 52.9 Å². The largest absolute Gasteiger partial charge is 0.472 e. The summed E-state index contributed by atoms with van der Waals surface area (Å²) in [6.45, 7) is 1.67. The lowest BCUT2D eigenvalue weighted by Crippen LogP contribution is -2.47. The van der Waals surface area contributed by atoms with Crippen LogP contribution in [0.3, 0.4) is 0 Å². The number of nitrogen functional groups attached to an aromatic ring is 2. The van der Waals surface area contributed by atoms with Gasteiger partial charge < -0.3 is 55.5 Å². The third-order valence-corrected chi connectivity index (χ3v) is 11.4. The first-order valence-electron chi connectivity index (χ1n) is 18.8. The summed E-state index contributed by atoms with van der Waals surface area (Å²) < 4.78 is 59.8. The molecule has 5 heterocycles. The number of likely N-dealkylation sites (N-methyl/N-ethyl adjacent to an activating group) is 1. The van der Waals surface area contributed by atoms with E-state index < -0.39 is 102 Å². The number of esters is 1. The summed E-state index contributed by atoms with van der Waals surface area (Å²) in [4.78, 5) is 86.5. The number of phosphoric ester groups is 2. The molecular weight excluding hydrogens is 864 g/mol. The molecular formula is C35H45N9O16P2. The number of hydrogen-bond acceptors (Lipinski definition) is 19. The van der Waals surface area contributed by atoms with Gasteiger partial charge in [0.25, 0.3) is 0 Å². The lowest BCUT2D eigenvalue weighted by Gasteiger charge is -2.30. The Kier molecular flexibility index (Phi) is 14.7. The van der Waals surface area contributed by atoms with Crippen LogP contribution in [0.5, 0.6) is 0 Å². The average Bonchev–Trinajstić information content (AvgIpc) is 3.88. The van der Waals surface area contributed by atoms with E-state index in [1.54, 1.807) is 6.08 Å². The van der Waals surface area contributed by atoms with Crippen molar-refractivity contribution in [1.82, 2.24) is 34.0 Å². The zero-order valence-corrected chi connectivity index (χ0v) is 34.6. The second kappa shape index (κ2) is 19.6. The fraction of sp³-hybridized carbons (Fsp3) is 0.457. The van der Waals surface area contributed by atoms with Gasteiger partial charge in [-0.3, -0.25) is 27.5 Å². The number of aromatic nitrogens is 6. The Morgan fingerprint density at radius 1 is 0.968 bits per heavy atom. The van der Waals surface area contributed by atoms with Gasteiger partial charge in [0.15, 0.2) is 30.0 Å². The molecule has 2 fully saturated rings. The smallest absolute Gasteiger partial charge is 0.455 e. The third-order valence-electron chi connectivity index (χ3n) is 9.97. The van der Waals surface area contributed by atoms with Gasteiger partial charge >= 0.3 is 27.3 Å². The maximum atomic E-state index is 14.1. The number of hydrogen-bond donors (Lipinski definition) is 7. The van der Waals surface area contributed by atoms with Crippen LogP contribution in [0.25, 0.3) is 11.2 Å². The van der Waals surface area contributed by atoms with Crippen LogP contribution in [-0.4, -0.2) is 134 Å². The molecule has 336 valence electrons. The van der Waals surface area contributed by atoms with Gasteiger partial charge in [0.05, 0.1) is 19.5 Å². The number of aryl methyl sites for hydroxylation is 1. The highest BCUT2D eigenvalue weighted by atomic mass is 31.2. The number of carbonyl (C=O) groups excluding carboxylic acids is 2. The van der Waals surface area contributed by atoms with Crippen LogP contribution in [0.2, 0.25) is 0 Å². The van der Waals surface area contributed by atoms with Crippen LogP contribution in [0.15, 0.2) is 72.7 Å². The van der Waals surface area contributed by atoms with Crippen molar-refractivity contribution in [2.75, 3.05) is 31.7 Å². The van der Waals surface area contributed by atoms with Crippen molar-refractivity contribution in [3.05, 3.63) is 84.0 Å². The summed E-state index contributed by atoms with van der Waals surface area (Å²) in [7, 11) is -9.15. The van der Waals surface area contributed by atoms with E-state index in [0.29, 0.717) is 12.8 Å². The molecule has 1 amide bonds. The summed E-state index contributed by atoms with van der Waals surface area (Å²) >= 11 is 0. The molecule has 3 aromatic heterocycles. The lowest BCUT2D eigenvalue weighted by atomic mass is 10.0. The quantitative estimate of drug-likeness (QED) is 0.0361. The molecule has 10 atom stereocenters. The van der Waals surface area contributed by atoms with Gasteiger partial charge in [0, 0.05) is 19.7 Å². The molecule has 2 saturated heterocycles. The molecule has 0 bridgehead atoms. The topological polar surface area (TPSA) is 359 Å². The van der Waals surface area contributed by atoms with Crippen molar-refractivity contribution in [2.45, 2.75) is 80.8 Å². The Morgan fingerprint density at radius 3 is 2.31 bits per heavy atom. The number of nitrogens with zero attached hydrogens (tertiary/aromatic N) is 7. The third kappa shape index (κ3) is 10.9. The van der Waals surface area contributed by atoms with E-state index in [-0.39, 0.29) is 35.6 Å². The minimum absolute atomic E-state index is 0.00441. The number of allylic oxidation sites excluding steroid dienone is 1. The molecule has 0 aliphatic carbocycles. The predicted molar refractivity (Wildman–Crippen MR) is 212 cm³/mol. The van der Waals surface area contributed by atoms with Gasteiger partial charge in [-0.2, -0.15) is 4.98 Å². The van der Waals surface area contributed by atoms with E-state index in [1.165, 1.54) is 28.9 Å². The summed E-state index contributed by atoms with van der Waals surface area (Å²) in [6, 6.07) is 9.12. The molecule has 6 rings (SSSR count). The van der Waals surface area contributed by atoms with E-state index in [4.69, 9.17) is 34.7 Å². The summed E-state index contributed by atoms with van der Waals surface area (Å²) in [5.74, 6) is -1.55. The van der Waals surface area contributed by atoms with E-state index in [1.807, 2.05) is 30.3 Å². The zero-order valence-electron chi connectivity index (χ0n) is 32.8. The minimum atomic E-state index is -5.41. The number of ether oxygens (including phenoxy) is 3. The molecule has 2 aliphatic heterocycles. The second-order valence-corrected chi connectivity index (χ2v) is 16.8. The molecule has 9 N–H and O–H groups in total. The Labute approximate surface area is 351 Å². The number of nitrogens with two attached hydrogens (primary N) is 2. The van der Waals surface area contributed by atoms with E-state index in [0.717, 1.165) is 22.7 Å². The number of benzene rings is 1. The summed E-state index contributed by atoms with van der Waals surface area (Å²) in [5, 5.41) is 22.9. The zero-order chi connectivity index (χ0) is 44.9. The number of rotatable bonds is 19. The number of amides is 1. The highest BCUT2D eigenvalue weighted by Crippen LogP contribution is 2.50. The predicted octanol–water partition coefficient (Wildman–Crippen LogP) is -0.286. The Hall–Kier alpha value is -5.01. The average molecular weight is 910 g/mol. The minimum Gasteiger partial charge on any atom is -0.455 e. The van der Waals surface area contributed by atoms with Gasteiger partial charge in [0.1, 0.15) is 54.2 Å². The molecule has 25 nitrogen and oxygen atoms in total. The van der Waals surface area contributed by atoms with E-state index in [9.17, 15) is 48.4 Å². The first-order chi connectivity index (χ1) is 29.4. The number of aliphatic hydroxyl groups excluding tert-OH is 2. The highest BCUT2D eigenvalue weighted by Gasteiger charge is 2.52. The first-order valence-corrected chi connectivity index (χ1v) is 21.8. The summed E-state index contributed by atoms with van der Waals surface area (Å²) in [6.07, 6.45) is -7.97. The van der Waals surface area contributed by atoms with E-state index >= 15 is 0 Å². The number of imidazole rings is 1. The maximum absolute atomic E-state index is 14.1. The Balaban J connectivity index is 1.26. The van der Waals surface area contributed by atoms with Crippen molar-refractivity contribution in [3.63, 3.8) is 0 Å². The van der Waals surface area contributed by atoms with Crippen LogP contribution < -0.4 is 17.2 Å². The van der Waals surface area contributed by atoms with Crippen molar-refractivity contribution < 1.29 is 71.4 Å². The number of phosphoric acid groups is 2. The van der Waals surface area contributed by atoms with Crippen molar-refractivity contribution in [3.8, 4) is 0 Å². The summed E-state index contributed by atoms with van der Waals surface area (Å²) in [5.41, 5.74) is 11.6. The van der Waals surface area contributed by atoms with Gasteiger partial charge in [-0.15, -0.1) is 6.58 Å². The Morgan fingerprint density at radius 2 is 1.63 bits per heavy atom. The fourth-order valence-corrected chi connectivity index (χ4v) is 8.15. The molecule has 1 unspecified atom stereocenters. The van der Waals surface area contributed by atoms with Gasteiger partial charge in [0.2, 0.25) is 5.91 Å². The van der Waals surface area contributed by atoms with Crippen molar-refractivity contribution in [2.24, 2.45) is 0 Å². The van der Waals surface area contributed by atoms with Gasteiger partial charge in [-0.1, -0.05) is 36.4 Å². The molecule has 62 heavy (non-hydrogen) atoms. The SMILES string of the molecule is C=CCCC(=O)N(C)[C@@H](CCc1ccccc1)C(=O)O[C@H]1[C@@H](O)[C@H](n2cnc3c(N)ncnc32)O[C@@H]1COP(=O)(O)O[C@H]1[C@@H](O)[C@H](n2ccc(N)nc2=O)O[C@@H]1COP(=O)(O)O. The fourth-order valence-electron chi connectivity index (χ4n) is 6.85. The molecule has 0 saturated carbocycles. The number of fused-ring (bicyclic) bond motifs is 1. The van der Waals surface area contributed by atoms with Crippen molar-refractivity contribution in [1.29, 1.82) is 0 Å². The number of carbonyl (C=O) groups is 2. The van der Waals surface area contributed by atoms with Crippen LogP contribution in [0.1, 0.15) is 37.3 Å². The van der Waals surface area contributed by atoms with Crippen LogP contribution >= 0.6 is 15.6 Å². The van der Waals surface area contributed by atoms with Crippen LogP contribution in [0, 0.1) is 0 Å². The van der Waals surface area contributed by atoms with E-state index in [2.05, 4.69) is 31.0 Å². The molecule has 0 spiro atoms. The van der Waals surface area contributed by atoms with Gasteiger partial charge in [-0.25, -0.2) is 33.7 Å². The molecule has 4 aromatic rings. The standard InChI is InChI=1S/C35H45N9O16P2/c1-3-4-10-24(45)42(2)20(12-11-19-8-6-5-7-9-19)34(48)59-28-21(57-33(26(28)46)44-18-40-25-30(37)38-17-39-31(25)44)16-56-62(53,54)60-29-22(15-55-61(50,51)52)58-32(27(29)47)43-14-13-23(36)41-35(43)49/h3,5-9,13-14,17-18,20-22,26-29,32-33,46-47H,1,4,10-12,15-16H2,2H3,(H,53,54)(H2,36,41,49)(H2,37,38,39)(H2,50,51,52)/t20-,21+,22+,26+,27+,28+,29+,32+,33+/m0/s1. The molecule has 27 heteroatoms. The molecule has 2 aliphatic rings. The van der Waals surface area contributed by atoms with Crippen LogP contribution in [0.4, 0.5) is 11.6 Å².